The lowest BCUT2D eigenvalue weighted by Gasteiger charge is -2.47. The molecule has 1 saturated carbocycles. The summed E-state index contributed by atoms with van der Waals surface area (Å²) in [5.41, 5.74) is 1.69. The van der Waals surface area contributed by atoms with Crippen molar-refractivity contribution < 1.29 is 5.11 Å². The van der Waals surface area contributed by atoms with E-state index in [4.69, 9.17) is 0 Å². The molecule has 5 heteroatoms. The first-order valence-corrected chi connectivity index (χ1v) is 6.26. The first-order chi connectivity index (χ1) is 8.55. The summed E-state index contributed by atoms with van der Waals surface area (Å²) in [5, 5.41) is 27.7. The van der Waals surface area contributed by atoms with Crippen molar-refractivity contribution in [1.29, 1.82) is 5.26 Å². The van der Waals surface area contributed by atoms with E-state index in [1.54, 1.807) is 0 Å². The highest BCUT2D eigenvalue weighted by Crippen LogP contribution is 2.45. The molecule has 1 N–H and O–H groups in total. The summed E-state index contributed by atoms with van der Waals surface area (Å²) >= 11 is 0. The molecule has 18 heavy (non-hydrogen) atoms. The van der Waals surface area contributed by atoms with Crippen LogP contribution in [0.5, 0.6) is 0 Å². The van der Waals surface area contributed by atoms with Gasteiger partial charge in [-0.1, -0.05) is 0 Å². The molecule has 1 aliphatic heterocycles. The normalized spacial score (nSPS) is 21.3. The zero-order chi connectivity index (χ0) is 12.9. The molecule has 0 unspecified atom stereocenters. The van der Waals surface area contributed by atoms with Gasteiger partial charge in [-0.15, -0.1) is 5.10 Å². The zero-order valence-corrected chi connectivity index (χ0v) is 10.6. The Labute approximate surface area is 106 Å². The Balaban J connectivity index is 1.86. The van der Waals surface area contributed by atoms with Crippen molar-refractivity contribution >= 4 is 5.82 Å². The number of rotatable bonds is 2. The van der Waals surface area contributed by atoms with Gasteiger partial charge in [0.15, 0.2) is 5.82 Å². The van der Waals surface area contributed by atoms with E-state index < -0.39 is 5.60 Å². The summed E-state index contributed by atoms with van der Waals surface area (Å²) in [6.45, 7) is 4.88. The minimum atomic E-state index is -0.562. The minimum Gasteiger partial charge on any atom is -0.386 e. The third-order valence-corrected chi connectivity index (χ3v) is 4.11. The van der Waals surface area contributed by atoms with E-state index in [-0.39, 0.29) is 0 Å². The van der Waals surface area contributed by atoms with E-state index in [2.05, 4.69) is 16.3 Å². The van der Waals surface area contributed by atoms with Crippen LogP contribution in [0.4, 0.5) is 5.82 Å². The summed E-state index contributed by atoms with van der Waals surface area (Å²) < 4.78 is 0. The molecular weight excluding hydrogens is 228 g/mol. The van der Waals surface area contributed by atoms with Crippen molar-refractivity contribution in [1.82, 2.24) is 10.2 Å². The standard InChI is InChI=1S/C13H16N4O/c1-8-9(2)15-16-12(11(8)5-14)17-6-13(18,7-17)10-3-4-10/h10,18H,3-4,6-7H2,1-2H3. The highest BCUT2D eigenvalue weighted by atomic mass is 16.3. The molecule has 2 fully saturated rings. The maximum absolute atomic E-state index is 10.3. The SMILES string of the molecule is Cc1nnc(N2CC(O)(C3CC3)C2)c(C#N)c1C. The molecule has 0 amide bonds. The van der Waals surface area contributed by atoms with Gasteiger partial charge in [0.05, 0.1) is 18.8 Å². The van der Waals surface area contributed by atoms with Crippen LogP contribution in [0.1, 0.15) is 29.7 Å². The van der Waals surface area contributed by atoms with Crippen molar-refractivity contribution in [3.05, 3.63) is 16.8 Å². The van der Waals surface area contributed by atoms with Crippen molar-refractivity contribution in [2.75, 3.05) is 18.0 Å². The predicted molar refractivity (Wildman–Crippen MR) is 66.1 cm³/mol. The fourth-order valence-corrected chi connectivity index (χ4v) is 2.59. The average Bonchev–Trinajstić information content (AvgIpc) is 3.13. The van der Waals surface area contributed by atoms with Gasteiger partial charge in [-0.25, -0.2) is 0 Å². The molecule has 1 aromatic rings. The number of hydrogen-bond acceptors (Lipinski definition) is 5. The van der Waals surface area contributed by atoms with Crippen LogP contribution in [0.15, 0.2) is 0 Å². The summed E-state index contributed by atoms with van der Waals surface area (Å²) in [6, 6.07) is 2.20. The van der Waals surface area contributed by atoms with Crippen LogP contribution >= 0.6 is 0 Å². The number of anilines is 1. The minimum absolute atomic E-state index is 0.443. The summed E-state index contributed by atoms with van der Waals surface area (Å²) in [5.74, 6) is 1.06. The van der Waals surface area contributed by atoms with E-state index in [9.17, 15) is 10.4 Å². The van der Waals surface area contributed by atoms with Gasteiger partial charge in [-0.05, 0) is 38.2 Å². The van der Waals surface area contributed by atoms with Gasteiger partial charge in [0.1, 0.15) is 17.2 Å². The Morgan fingerprint density at radius 1 is 1.33 bits per heavy atom. The van der Waals surface area contributed by atoms with E-state index in [0.29, 0.717) is 30.4 Å². The molecule has 5 nitrogen and oxygen atoms in total. The van der Waals surface area contributed by atoms with E-state index >= 15 is 0 Å². The highest BCUT2D eigenvalue weighted by Gasteiger charge is 2.52. The van der Waals surface area contributed by atoms with Gasteiger partial charge in [0.2, 0.25) is 0 Å². The fourth-order valence-electron chi connectivity index (χ4n) is 2.59. The van der Waals surface area contributed by atoms with Gasteiger partial charge < -0.3 is 10.0 Å². The summed E-state index contributed by atoms with van der Waals surface area (Å²) in [6.07, 6.45) is 2.24. The van der Waals surface area contributed by atoms with Gasteiger partial charge in [0, 0.05) is 0 Å². The number of aromatic nitrogens is 2. The first kappa shape index (κ1) is 11.4. The second-order valence-electron chi connectivity index (χ2n) is 5.45. The second kappa shape index (κ2) is 3.66. The molecule has 0 aromatic carbocycles. The Kier molecular flexibility index (Phi) is 2.32. The molecule has 1 saturated heterocycles. The molecule has 0 radical (unpaired) electrons. The maximum atomic E-state index is 10.3. The molecule has 1 aliphatic carbocycles. The largest absolute Gasteiger partial charge is 0.386 e. The topological polar surface area (TPSA) is 73.0 Å². The fraction of sp³-hybridized carbons (Fsp3) is 0.615. The van der Waals surface area contributed by atoms with Gasteiger partial charge in [-0.2, -0.15) is 10.4 Å². The third-order valence-electron chi connectivity index (χ3n) is 4.11. The summed E-state index contributed by atoms with van der Waals surface area (Å²) in [7, 11) is 0. The molecule has 1 aromatic heterocycles. The lowest BCUT2D eigenvalue weighted by atomic mass is 9.88. The third kappa shape index (κ3) is 1.57. The molecule has 3 rings (SSSR count). The Morgan fingerprint density at radius 3 is 2.56 bits per heavy atom. The van der Waals surface area contributed by atoms with Crippen molar-refractivity contribution in [2.45, 2.75) is 32.3 Å². The van der Waals surface area contributed by atoms with Crippen LogP contribution in [-0.2, 0) is 0 Å². The maximum Gasteiger partial charge on any atom is 0.169 e. The van der Waals surface area contributed by atoms with Crippen LogP contribution in [0.3, 0.4) is 0 Å². The Morgan fingerprint density at radius 2 is 2.00 bits per heavy atom. The van der Waals surface area contributed by atoms with Crippen molar-refractivity contribution in [3.8, 4) is 6.07 Å². The molecular formula is C13H16N4O. The van der Waals surface area contributed by atoms with Crippen LogP contribution in [-0.4, -0.2) is 34.0 Å². The molecule has 0 spiro atoms. The van der Waals surface area contributed by atoms with Gasteiger partial charge in [0.25, 0.3) is 0 Å². The van der Waals surface area contributed by atoms with E-state index in [0.717, 1.165) is 24.1 Å². The molecule has 2 heterocycles. The quantitative estimate of drug-likeness (QED) is 0.837. The number of hydrogen-bond donors (Lipinski definition) is 1. The number of aliphatic hydroxyl groups is 1. The van der Waals surface area contributed by atoms with Crippen molar-refractivity contribution in [3.63, 3.8) is 0 Å². The Bertz CT molecular complexity index is 539. The molecule has 2 aliphatic rings. The number of aryl methyl sites for hydroxylation is 1. The number of β-amino-alcohol motifs (C(OH)–C–C–N with tert-alkyl or cyclic N) is 1. The molecule has 0 bridgehead atoms. The lowest BCUT2D eigenvalue weighted by Crippen LogP contribution is -2.63. The van der Waals surface area contributed by atoms with Crippen molar-refractivity contribution in [2.24, 2.45) is 5.92 Å². The summed E-state index contributed by atoms with van der Waals surface area (Å²) in [4.78, 5) is 1.95. The smallest absolute Gasteiger partial charge is 0.169 e. The Hall–Kier alpha value is -1.67. The van der Waals surface area contributed by atoms with Crippen LogP contribution in [0, 0.1) is 31.1 Å². The number of nitrogens with zero attached hydrogens (tertiary/aromatic N) is 4. The van der Waals surface area contributed by atoms with Crippen LogP contribution < -0.4 is 4.90 Å². The molecule has 94 valence electrons. The lowest BCUT2D eigenvalue weighted by molar-refractivity contribution is -0.00985. The second-order valence-corrected chi connectivity index (χ2v) is 5.45. The van der Waals surface area contributed by atoms with Crippen LogP contribution in [0.25, 0.3) is 0 Å². The zero-order valence-electron chi connectivity index (χ0n) is 10.6. The van der Waals surface area contributed by atoms with Gasteiger partial charge in [-0.3, -0.25) is 0 Å². The molecule has 0 atom stereocenters. The van der Waals surface area contributed by atoms with E-state index in [1.165, 1.54) is 0 Å². The van der Waals surface area contributed by atoms with Crippen LogP contribution in [0.2, 0.25) is 0 Å². The monoisotopic (exact) mass is 244 g/mol. The van der Waals surface area contributed by atoms with Gasteiger partial charge >= 0.3 is 0 Å². The van der Waals surface area contributed by atoms with E-state index in [1.807, 2.05) is 18.7 Å². The average molecular weight is 244 g/mol. The number of nitriles is 1. The highest BCUT2D eigenvalue weighted by molar-refractivity contribution is 5.59. The predicted octanol–water partition coefficient (Wildman–Crippen LogP) is 0.926. The first-order valence-electron chi connectivity index (χ1n) is 6.26.